The number of anilines is 3. The zero-order chi connectivity index (χ0) is 23.9. The average molecular weight is 449 g/mol. The van der Waals surface area contributed by atoms with Gasteiger partial charge in [-0.1, -0.05) is 6.07 Å². The van der Waals surface area contributed by atoms with E-state index in [0.29, 0.717) is 0 Å². The topological polar surface area (TPSA) is 161 Å². The normalized spacial score (nSPS) is 11.8. The van der Waals surface area contributed by atoms with E-state index in [0.717, 1.165) is 16.8 Å². The van der Waals surface area contributed by atoms with Crippen LogP contribution in [-0.4, -0.2) is 24.5 Å². The molecule has 0 aliphatic carbocycles. The van der Waals surface area contributed by atoms with Gasteiger partial charge in [0.1, 0.15) is 40.3 Å². The number of nitrogens with zero attached hydrogens (tertiary/aromatic N) is 6. The van der Waals surface area contributed by atoms with Gasteiger partial charge in [-0.3, -0.25) is 14.3 Å². The fraction of sp³-hybridized carbons (Fsp3) is 0.143. The summed E-state index contributed by atoms with van der Waals surface area (Å²) < 4.78 is 29.9. The third-order valence-electron chi connectivity index (χ3n) is 5.05. The summed E-state index contributed by atoms with van der Waals surface area (Å²) >= 11 is 0. The number of pyridine rings is 1. The monoisotopic (exact) mass is 449 g/mol. The lowest BCUT2D eigenvalue weighted by molar-refractivity contribution is 0.606. The molecule has 10 nitrogen and oxygen atoms in total. The molecule has 0 bridgehead atoms. The van der Waals surface area contributed by atoms with E-state index < -0.39 is 23.2 Å². The lowest BCUT2D eigenvalue weighted by Gasteiger charge is -2.21. The molecule has 0 aliphatic heterocycles. The Bertz CT molecular complexity index is 1510. The van der Waals surface area contributed by atoms with Gasteiger partial charge >= 0.3 is 0 Å². The second-order valence-electron chi connectivity index (χ2n) is 7.18. The standard InChI is InChI=1S/C21H17F2N9O/c1-9-13(23)7-27-8-15(9)32-19(29-14-5-3-4-12(22)16(14)20(32)33)10(2)28-18-11(6-24)17(25)30-21(26)31-18/h3-5,7-8,10H,1-2H3,(H5,25,26,28,30,31). The molecule has 33 heavy (non-hydrogen) atoms. The quantitative estimate of drug-likeness (QED) is 0.424. The summed E-state index contributed by atoms with van der Waals surface area (Å²) in [6.45, 7) is 3.09. The third-order valence-corrected chi connectivity index (χ3v) is 5.05. The largest absolute Gasteiger partial charge is 0.382 e. The minimum atomic E-state index is -0.797. The molecular weight excluding hydrogens is 432 g/mol. The molecule has 4 rings (SSSR count). The van der Waals surface area contributed by atoms with E-state index in [2.05, 4.69) is 25.3 Å². The highest BCUT2D eigenvalue weighted by atomic mass is 19.1. The molecule has 0 radical (unpaired) electrons. The molecule has 1 atom stereocenters. The minimum Gasteiger partial charge on any atom is -0.382 e. The van der Waals surface area contributed by atoms with Crippen LogP contribution in [0.4, 0.5) is 26.4 Å². The molecule has 0 amide bonds. The van der Waals surface area contributed by atoms with Crippen molar-refractivity contribution in [3.63, 3.8) is 0 Å². The Labute approximate surface area is 185 Å². The summed E-state index contributed by atoms with van der Waals surface area (Å²) in [7, 11) is 0. The van der Waals surface area contributed by atoms with E-state index >= 15 is 0 Å². The van der Waals surface area contributed by atoms with Gasteiger partial charge < -0.3 is 16.8 Å². The predicted octanol–water partition coefficient (Wildman–Crippen LogP) is 2.37. The van der Waals surface area contributed by atoms with Crippen LogP contribution in [-0.2, 0) is 0 Å². The Balaban J connectivity index is 1.99. The van der Waals surface area contributed by atoms with Crippen molar-refractivity contribution < 1.29 is 8.78 Å². The molecule has 1 unspecified atom stereocenters. The highest BCUT2D eigenvalue weighted by Crippen LogP contribution is 2.26. The number of rotatable bonds is 4. The zero-order valence-corrected chi connectivity index (χ0v) is 17.5. The molecule has 0 saturated carbocycles. The first-order chi connectivity index (χ1) is 15.7. The molecule has 166 valence electrons. The number of hydrogen-bond donors (Lipinski definition) is 3. The summed E-state index contributed by atoms with van der Waals surface area (Å²) in [6, 6.07) is 5.14. The van der Waals surface area contributed by atoms with Crippen molar-refractivity contribution in [1.29, 1.82) is 5.26 Å². The molecule has 0 aliphatic rings. The van der Waals surface area contributed by atoms with Crippen molar-refractivity contribution in [3.05, 3.63) is 69.5 Å². The lowest BCUT2D eigenvalue weighted by Crippen LogP contribution is -2.29. The van der Waals surface area contributed by atoms with Crippen LogP contribution in [0.15, 0.2) is 35.4 Å². The fourth-order valence-electron chi connectivity index (χ4n) is 3.43. The van der Waals surface area contributed by atoms with Crippen molar-refractivity contribution in [2.24, 2.45) is 0 Å². The van der Waals surface area contributed by atoms with Crippen LogP contribution in [0, 0.1) is 29.9 Å². The molecule has 0 fully saturated rings. The molecule has 3 heterocycles. The van der Waals surface area contributed by atoms with Gasteiger partial charge in [0.15, 0.2) is 5.82 Å². The number of nitrogen functional groups attached to an aromatic ring is 2. The second-order valence-corrected chi connectivity index (χ2v) is 7.18. The molecule has 1 aromatic carbocycles. The van der Waals surface area contributed by atoms with Crippen molar-refractivity contribution >= 4 is 28.5 Å². The van der Waals surface area contributed by atoms with Crippen LogP contribution in [0.3, 0.4) is 0 Å². The van der Waals surface area contributed by atoms with Crippen LogP contribution < -0.4 is 22.3 Å². The number of benzene rings is 1. The molecule has 3 aromatic heterocycles. The SMILES string of the molecule is Cc1c(F)cncc1-n1c(C(C)Nc2nc(N)nc(N)c2C#N)nc2cccc(F)c2c1=O. The van der Waals surface area contributed by atoms with Gasteiger partial charge in [-0.15, -0.1) is 0 Å². The average Bonchev–Trinajstić information content (AvgIpc) is 2.75. The number of nitrogens with two attached hydrogens (primary N) is 2. The Morgan fingerprint density at radius 1 is 1.15 bits per heavy atom. The molecule has 5 N–H and O–H groups in total. The summed E-state index contributed by atoms with van der Waals surface area (Å²) in [6.07, 6.45) is 2.29. The number of nitriles is 1. The van der Waals surface area contributed by atoms with Gasteiger partial charge in [0.05, 0.1) is 29.6 Å². The summed E-state index contributed by atoms with van der Waals surface area (Å²) in [4.78, 5) is 29.5. The first-order valence-corrected chi connectivity index (χ1v) is 9.64. The first-order valence-electron chi connectivity index (χ1n) is 9.64. The van der Waals surface area contributed by atoms with Gasteiger partial charge in [-0.25, -0.2) is 13.8 Å². The Morgan fingerprint density at radius 3 is 2.64 bits per heavy atom. The van der Waals surface area contributed by atoms with Crippen LogP contribution in [0.2, 0.25) is 0 Å². The fourth-order valence-corrected chi connectivity index (χ4v) is 3.43. The zero-order valence-electron chi connectivity index (χ0n) is 17.5. The number of nitrogens with one attached hydrogen (secondary N) is 1. The van der Waals surface area contributed by atoms with Crippen LogP contribution in [0.1, 0.15) is 29.9 Å². The van der Waals surface area contributed by atoms with Gasteiger partial charge in [0.2, 0.25) is 5.95 Å². The van der Waals surface area contributed by atoms with E-state index in [1.807, 2.05) is 6.07 Å². The van der Waals surface area contributed by atoms with Crippen molar-refractivity contribution in [1.82, 2.24) is 24.5 Å². The van der Waals surface area contributed by atoms with Gasteiger partial charge in [0, 0.05) is 5.56 Å². The number of hydrogen-bond acceptors (Lipinski definition) is 9. The van der Waals surface area contributed by atoms with E-state index in [-0.39, 0.29) is 51.1 Å². The minimum absolute atomic E-state index is 0.0178. The molecule has 0 saturated heterocycles. The highest BCUT2D eigenvalue weighted by Gasteiger charge is 2.23. The number of fused-ring (bicyclic) bond motifs is 1. The van der Waals surface area contributed by atoms with E-state index in [1.54, 1.807) is 6.92 Å². The molecule has 12 heteroatoms. The van der Waals surface area contributed by atoms with Gasteiger partial charge in [0.25, 0.3) is 5.56 Å². The van der Waals surface area contributed by atoms with Crippen molar-refractivity contribution in [2.45, 2.75) is 19.9 Å². The smallest absolute Gasteiger partial charge is 0.269 e. The van der Waals surface area contributed by atoms with Gasteiger partial charge in [-0.05, 0) is 26.0 Å². The maximum absolute atomic E-state index is 14.6. The van der Waals surface area contributed by atoms with E-state index in [1.165, 1.54) is 25.3 Å². The third kappa shape index (κ3) is 3.65. The van der Waals surface area contributed by atoms with E-state index in [4.69, 9.17) is 11.5 Å². The first kappa shape index (κ1) is 21.6. The Kier molecular flexibility index (Phi) is 5.31. The lowest BCUT2D eigenvalue weighted by atomic mass is 10.1. The summed E-state index contributed by atoms with van der Waals surface area (Å²) in [5.41, 5.74) is 10.9. The molecular formula is C21H17F2N9O. The van der Waals surface area contributed by atoms with Crippen molar-refractivity contribution in [2.75, 3.05) is 16.8 Å². The van der Waals surface area contributed by atoms with Crippen LogP contribution in [0.5, 0.6) is 0 Å². The van der Waals surface area contributed by atoms with Crippen molar-refractivity contribution in [3.8, 4) is 11.8 Å². The predicted molar refractivity (Wildman–Crippen MR) is 117 cm³/mol. The summed E-state index contributed by atoms with van der Waals surface area (Å²) in [5.74, 6) is -1.61. The Hall–Kier alpha value is -4.66. The van der Waals surface area contributed by atoms with E-state index in [9.17, 15) is 18.8 Å². The second kappa shape index (κ2) is 8.12. The van der Waals surface area contributed by atoms with Gasteiger partial charge in [-0.2, -0.15) is 15.2 Å². The number of aromatic nitrogens is 5. The highest BCUT2D eigenvalue weighted by molar-refractivity contribution is 5.79. The molecule has 0 spiro atoms. The maximum Gasteiger partial charge on any atom is 0.269 e. The maximum atomic E-state index is 14.6. The van der Waals surface area contributed by atoms with Crippen LogP contribution >= 0.6 is 0 Å². The van der Waals surface area contributed by atoms with Crippen LogP contribution in [0.25, 0.3) is 16.6 Å². The number of halogens is 2. The summed E-state index contributed by atoms with van der Waals surface area (Å²) in [5, 5.41) is 12.1. The Morgan fingerprint density at radius 2 is 1.91 bits per heavy atom. The molecule has 4 aromatic rings.